The first kappa shape index (κ1) is 15.6. The second kappa shape index (κ2) is 5.92. The van der Waals surface area contributed by atoms with Crippen LogP contribution in [0.1, 0.15) is 5.69 Å². The van der Waals surface area contributed by atoms with Gasteiger partial charge in [0, 0.05) is 6.20 Å². The van der Waals surface area contributed by atoms with Crippen molar-refractivity contribution in [2.45, 2.75) is 4.90 Å². The number of pyridine rings is 1. The van der Waals surface area contributed by atoms with Gasteiger partial charge >= 0.3 is 0 Å². The number of nitrogens with one attached hydrogen (secondary N) is 1. The molecule has 1 aromatic carbocycles. The Morgan fingerprint density at radius 2 is 2.10 bits per heavy atom. The topological polar surface area (TPSA) is 85.1 Å². The fourth-order valence-corrected chi connectivity index (χ4v) is 3.26. The standard InChI is InChI=1S/C12H9ClFN3O2S2/c13-8-4-3-7(14)6-9(8)17-21(18,19)10-2-1-5-16-11(10)12(15)20/h1-6,17H,(H2,15,20). The van der Waals surface area contributed by atoms with Crippen LogP contribution in [0.25, 0.3) is 0 Å². The van der Waals surface area contributed by atoms with Crippen LogP contribution in [-0.2, 0) is 10.0 Å². The SMILES string of the molecule is NC(=S)c1ncccc1S(=O)(=O)Nc1cc(F)ccc1Cl. The molecule has 0 radical (unpaired) electrons. The molecule has 2 rings (SSSR count). The molecular weight excluding hydrogens is 337 g/mol. The number of hydrogen-bond donors (Lipinski definition) is 2. The van der Waals surface area contributed by atoms with Gasteiger partial charge in [-0.25, -0.2) is 12.8 Å². The van der Waals surface area contributed by atoms with Crippen LogP contribution in [0, 0.1) is 5.82 Å². The molecule has 0 saturated carbocycles. The number of hydrogen-bond acceptors (Lipinski definition) is 4. The van der Waals surface area contributed by atoms with E-state index in [-0.39, 0.29) is 26.3 Å². The Balaban J connectivity index is 2.49. The smallest absolute Gasteiger partial charge is 0.264 e. The number of halogens is 2. The van der Waals surface area contributed by atoms with Gasteiger partial charge in [-0.3, -0.25) is 9.71 Å². The van der Waals surface area contributed by atoms with Crippen molar-refractivity contribution in [1.29, 1.82) is 0 Å². The lowest BCUT2D eigenvalue weighted by Gasteiger charge is -2.11. The molecule has 5 nitrogen and oxygen atoms in total. The number of rotatable bonds is 4. The van der Waals surface area contributed by atoms with E-state index in [1.807, 2.05) is 0 Å². The Morgan fingerprint density at radius 3 is 2.76 bits per heavy atom. The summed E-state index contributed by atoms with van der Waals surface area (Å²) in [6, 6.07) is 6.04. The molecule has 0 bridgehead atoms. The maximum Gasteiger partial charge on any atom is 0.264 e. The number of aromatic nitrogens is 1. The third kappa shape index (κ3) is 3.46. The summed E-state index contributed by atoms with van der Waals surface area (Å²) < 4.78 is 40.1. The third-order valence-electron chi connectivity index (χ3n) is 2.47. The van der Waals surface area contributed by atoms with Gasteiger partial charge in [0.2, 0.25) is 0 Å². The Hall–Kier alpha value is -1.77. The van der Waals surface area contributed by atoms with Crippen LogP contribution in [0.15, 0.2) is 41.4 Å². The third-order valence-corrected chi connectivity index (χ3v) is 4.39. The Labute approximate surface area is 131 Å². The molecule has 1 aromatic heterocycles. The highest BCUT2D eigenvalue weighted by molar-refractivity contribution is 7.93. The van der Waals surface area contributed by atoms with Crippen molar-refractivity contribution in [1.82, 2.24) is 4.98 Å². The molecule has 0 amide bonds. The van der Waals surface area contributed by atoms with Crippen molar-refractivity contribution in [3.05, 3.63) is 53.1 Å². The molecule has 0 spiro atoms. The maximum atomic E-state index is 13.2. The van der Waals surface area contributed by atoms with E-state index in [1.54, 1.807) is 0 Å². The first-order chi connectivity index (χ1) is 9.81. The van der Waals surface area contributed by atoms with Crippen LogP contribution in [0.3, 0.4) is 0 Å². The zero-order valence-electron chi connectivity index (χ0n) is 10.4. The predicted octanol–water partition coefficient (Wildman–Crippen LogP) is 2.31. The fourth-order valence-electron chi connectivity index (χ4n) is 1.57. The first-order valence-electron chi connectivity index (χ1n) is 5.54. The highest BCUT2D eigenvalue weighted by Gasteiger charge is 2.21. The largest absolute Gasteiger partial charge is 0.388 e. The summed E-state index contributed by atoms with van der Waals surface area (Å²) in [6.07, 6.45) is 1.36. The lowest BCUT2D eigenvalue weighted by atomic mass is 10.3. The van der Waals surface area contributed by atoms with Crippen LogP contribution in [0.2, 0.25) is 5.02 Å². The van der Waals surface area contributed by atoms with E-state index < -0.39 is 15.8 Å². The molecule has 0 saturated heterocycles. The van der Waals surface area contributed by atoms with Crippen molar-refractivity contribution < 1.29 is 12.8 Å². The molecule has 110 valence electrons. The molecule has 0 aliphatic rings. The first-order valence-corrected chi connectivity index (χ1v) is 7.81. The average molecular weight is 346 g/mol. The summed E-state index contributed by atoms with van der Waals surface area (Å²) in [5, 5.41) is 0.0562. The van der Waals surface area contributed by atoms with Crippen LogP contribution >= 0.6 is 23.8 Å². The second-order valence-electron chi connectivity index (χ2n) is 3.94. The van der Waals surface area contributed by atoms with E-state index >= 15 is 0 Å². The van der Waals surface area contributed by atoms with Gasteiger partial charge in [0.1, 0.15) is 21.4 Å². The average Bonchev–Trinajstić information content (AvgIpc) is 2.42. The molecule has 3 N–H and O–H groups in total. The molecule has 0 fully saturated rings. The van der Waals surface area contributed by atoms with Crippen molar-refractivity contribution >= 4 is 44.5 Å². The number of sulfonamides is 1. The van der Waals surface area contributed by atoms with Crippen LogP contribution in [-0.4, -0.2) is 18.4 Å². The van der Waals surface area contributed by atoms with E-state index in [0.29, 0.717) is 0 Å². The molecule has 0 unspecified atom stereocenters. The Bertz CT molecular complexity index is 812. The number of nitrogens with zero attached hydrogens (tertiary/aromatic N) is 1. The van der Waals surface area contributed by atoms with Crippen LogP contribution in [0.4, 0.5) is 10.1 Å². The summed E-state index contributed by atoms with van der Waals surface area (Å²) in [5.41, 5.74) is 5.31. The number of thiocarbonyl (C=S) groups is 1. The summed E-state index contributed by atoms with van der Waals surface area (Å²) in [6.45, 7) is 0. The quantitative estimate of drug-likeness (QED) is 0.830. The zero-order valence-corrected chi connectivity index (χ0v) is 12.8. The number of nitrogens with two attached hydrogens (primary N) is 1. The van der Waals surface area contributed by atoms with Gasteiger partial charge in [-0.2, -0.15) is 0 Å². The predicted molar refractivity (Wildman–Crippen MR) is 82.3 cm³/mol. The second-order valence-corrected chi connectivity index (χ2v) is 6.44. The van der Waals surface area contributed by atoms with E-state index in [0.717, 1.165) is 12.1 Å². The van der Waals surface area contributed by atoms with Crippen molar-refractivity contribution in [3.63, 3.8) is 0 Å². The van der Waals surface area contributed by atoms with Crippen molar-refractivity contribution in [2.75, 3.05) is 4.72 Å². The molecule has 0 aliphatic carbocycles. The molecule has 1 heterocycles. The minimum atomic E-state index is -4.06. The van der Waals surface area contributed by atoms with Gasteiger partial charge in [0.05, 0.1) is 10.7 Å². The summed E-state index contributed by atoms with van der Waals surface area (Å²) in [7, 11) is -4.06. The minimum Gasteiger partial charge on any atom is -0.388 e. The van der Waals surface area contributed by atoms with Gasteiger partial charge in [0.25, 0.3) is 10.0 Å². The molecule has 2 aromatic rings. The molecular formula is C12H9ClFN3O2S2. The molecule has 21 heavy (non-hydrogen) atoms. The van der Waals surface area contributed by atoms with Crippen molar-refractivity contribution in [3.8, 4) is 0 Å². The summed E-state index contributed by atoms with van der Waals surface area (Å²) in [4.78, 5) is 3.46. The highest BCUT2D eigenvalue weighted by Crippen LogP contribution is 2.26. The monoisotopic (exact) mass is 345 g/mol. The molecule has 0 aliphatic heterocycles. The maximum absolute atomic E-state index is 13.2. The number of benzene rings is 1. The van der Waals surface area contributed by atoms with Gasteiger partial charge < -0.3 is 5.73 Å². The van der Waals surface area contributed by atoms with Crippen molar-refractivity contribution in [2.24, 2.45) is 5.73 Å². The van der Waals surface area contributed by atoms with Gasteiger partial charge in [-0.1, -0.05) is 23.8 Å². The van der Waals surface area contributed by atoms with Crippen LogP contribution < -0.4 is 10.5 Å². The molecule has 9 heteroatoms. The Morgan fingerprint density at radius 1 is 1.38 bits per heavy atom. The highest BCUT2D eigenvalue weighted by atomic mass is 35.5. The van der Waals surface area contributed by atoms with E-state index in [4.69, 9.17) is 29.6 Å². The van der Waals surface area contributed by atoms with Gasteiger partial charge in [0.15, 0.2) is 0 Å². The fraction of sp³-hybridized carbons (Fsp3) is 0. The Kier molecular flexibility index (Phi) is 4.40. The van der Waals surface area contributed by atoms with Gasteiger partial charge in [-0.15, -0.1) is 0 Å². The van der Waals surface area contributed by atoms with Gasteiger partial charge in [-0.05, 0) is 30.3 Å². The lowest BCUT2D eigenvalue weighted by Crippen LogP contribution is -2.21. The number of anilines is 1. The van der Waals surface area contributed by atoms with E-state index in [9.17, 15) is 12.8 Å². The lowest BCUT2D eigenvalue weighted by molar-refractivity contribution is 0.600. The van der Waals surface area contributed by atoms with E-state index in [1.165, 1.54) is 24.4 Å². The van der Waals surface area contributed by atoms with E-state index in [2.05, 4.69) is 9.71 Å². The molecule has 0 atom stereocenters. The minimum absolute atomic E-state index is 0.0486. The summed E-state index contributed by atoms with van der Waals surface area (Å²) >= 11 is 10.6. The summed E-state index contributed by atoms with van der Waals surface area (Å²) in [5.74, 6) is -0.627. The van der Waals surface area contributed by atoms with Crippen LogP contribution in [0.5, 0.6) is 0 Å². The normalized spacial score (nSPS) is 11.1. The zero-order chi connectivity index (χ0) is 15.6.